The first-order valence-electron chi connectivity index (χ1n) is 5.51. The minimum absolute atomic E-state index is 0.0804. The molecule has 0 aromatic carbocycles. The molecule has 0 radical (unpaired) electrons. The van der Waals surface area contributed by atoms with Crippen molar-refractivity contribution in [2.45, 2.75) is 30.8 Å². The summed E-state index contributed by atoms with van der Waals surface area (Å²) in [6.07, 6.45) is 3.29. The number of carbonyl (C=O) groups excluding carboxylic acids is 1. The van der Waals surface area contributed by atoms with Crippen LogP contribution in [0.5, 0.6) is 0 Å². The molecule has 1 rings (SSSR count). The van der Waals surface area contributed by atoms with Crippen LogP contribution in [0.25, 0.3) is 0 Å². The van der Waals surface area contributed by atoms with Crippen molar-refractivity contribution < 1.29 is 14.6 Å². The van der Waals surface area contributed by atoms with Gasteiger partial charge in [0.15, 0.2) is 0 Å². The first kappa shape index (κ1) is 13.2. The molecule has 1 fully saturated rings. The largest absolute Gasteiger partial charge is 0.394 e. The zero-order valence-electron chi connectivity index (χ0n) is 9.45. The summed E-state index contributed by atoms with van der Waals surface area (Å²) in [6.45, 7) is 4.56. The van der Waals surface area contributed by atoms with Crippen LogP contribution in [0.2, 0.25) is 0 Å². The SMILES string of the molecule is C=CCC(N)C(=O)NC1(CO)CCOCC1. The lowest BCUT2D eigenvalue weighted by Gasteiger charge is -2.37. The van der Waals surface area contributed by atoms with Gasteiger partial charge in [-0.05, 0) is 19.3 Å². The Morgan fingerprint density at radius 1 is 1.62 bits per heavy atom. The summed E-state index contributed by atoms with van der Waals surface area (Å²) in [7, 11) is 0. The Morgan fingerprint density at radius 3 is 2.75 bits per heavy atom. The molecule has 1 aliphatic rings. The van der Waals surface area contributed by atoms with Crippen molar-refractivity contribution in [1.29, 1.82) is 0 Å². The van der Waals surface area contributed by atoms with Crippen LogP contribution in [-0.2, 0) is 9.53 Å². The van der Waals surface area contributed by atoms with Crippen molar-refractivity contribution >= 4 is 5.91 Å². The molecule has 0 bridgehead atoms. The van der Waals surface area contributed by atoms with Crippen LogP contribution in [-0.4, -0.2) is 42.4 Å². The zero-order chi connectivity index (χ0) is 12.0. The van der Waals surface area contributed by atoms with Gasteiger partial charge in [0, 0.05) is 13.2 Å². The molecule has 1 unspecified atom stereocenters. The number of aliphatic hydroxyl groups excluding tert-OH is 1. The molecule has 1 atom stereocenters. The minimum Gasteiger partial charge on any atom is -0.394 e. The Kier molecular flexibility index (Phi) is 4.92. The molecule has 92 valence electrons. The van der Waals surface area contributed by atoms with Crippen molar-refractivity contribution in [2.24, 2.45) is 5.73 Å². The molecule has 1 amide bonds. The Labute approximate surface area is 95.7 Å². The van der Waals surface area contributed by atoms with Crippen LogP contribution in [0.1, 0.15) is 19.3 Å². The van der Waals surface area contributed by atoms with Crippen molar-refractivity contribution in [3.05, 3.63) is 12.7 Å². The van der Waals surface area contributed by atoms with E-state index < -0.39 is 11.6 Å². The molecule has 4 N–H and O–H groups in total. The molecule has 1 saturated heterocycles. The Balaban J connectivity index is 2.54. The molecule has 0 aromatic rings. The second kappa shape index (κ2) is 5.98. The molecule has 1 aliphatic heterocycles. The lowest BCUT2D eigenvalue weighted by molar-refractivity contribution is -0.126. The molecule has 0 aliphatic carbocycles. The predicted octanol–water partition coefficient (Wildman–Crippen LogP) is -0.452. The second-order valence-electron chi connectivity index (χ2n) is 4.17. The monoisotopic (exact) mass is 228 g/mol. The van der Waals surface area contributed by atoms with E-state index in [-0.39, 0.29) is 12.5 Å². The topological polar surface area (TPSA) is 84.6 Å². The Bertz CT molecular complexity index is 250. The standard InChI is InChI=1S/C11H20N2O3/c1-2-3-9(12)10(15)13-11(8-14)4-6-16-7-5-11/h2,9,14H,1,3-8,12H2,(H,13,15). The Morgan fingerprint density at radius 2 is 2.25 bits per heavy atom. The third-order valence-electron chi connectivity index (χ3n) is 2.90. The van der Waals surface area contributed by atoms with Crippen LogP contribution in [0.3, 0.4) is 0 Å². The molecular formula is C11H20N2O3. The summed E-state index contributed by atoms with van der Waals surface area (Å²) in [5.41, 5.74) is 5.10. The van der Waals surface area contributed by atoms with Gasteiger partial charge >= 0.3 is 0 Å². The van der Waals surface area contributed by atoms with Crippen molar-refractivity contribution in [3.8, 4) is 0 Å². The van der Waals surface area contributed by atoms with Gasteiger partial charge in [0.25, 0.3) is 0 Å². The van der Waals surface area contributed by atoms with Gasteiger partial charge in [0.2, 0.25) is 5.91 Å². The summed E-state index contributed by atoms with van der Waals surface area (Å²) in [5, 5.41) is 12.2. The maximum absolute atomic E-state index is 11.7. The fourth-order valence-electron chi connectivity index (χ4n) is 1.73. The van der Waals surface area contributed by atoms with Crippen LogP contribution in [0.15, 0.2) is 12.7 Å². The highest BCUT2D eigenvalue weighted by molar-refractivity contribution is 5.82. The maximum Gasteiger partial charge on any atom is 0.237 e. The minimum atomic E-state index is -0.594. The number of ether oxygens (including phenoxy) is 1. The molecule has 5 nitrogen and oxygen atoms in total. The fraction of sp³-hybridized carbons (Fsp3) is 0.727. The number of rotatable bonds is 5. The van der Waals surface area contributed by atoms with E-state index in [1.807, 2.05) is 0 Å². The first-order chi connectivity index (χ1) is 7.63. The van der Waals surface area contributed by atoms with E-state index in [9.17, 15) is 9.90 Å². The highest BCUT2D eigenvalue weighted by atomic mass is 16.5. The van der Waals surface area contributed by atoms with Crippen LogP contribution in [0, 0.1) is 0 Å². The summed E-state index contributed by atoms with van der Waals surface area (Å²) >= 11 is 0. The molecule has 1 heterocycles. The fourth-order valence-corrected chi connectivity index (χ4v) is 1.73. The lowest BCUT2D eigenvalue weighted by atomic mass is 9.90. The molecule has 0 aromatic heterocycles. The quantitative estimate of drug-likeness (QED) is 0.556. The van der Waals surface area contributed by atoms with E-state index in [1.165, 1.54) is 0 Å². The first-order valence-corrected chi connectivity index (χ1v) is 5.51. The number of hydrogen-bond donors (Lipinski definition) is 3. The number of amides is 1. The summed E-state index contributed by atoms with van der Waals surface area (Å²) < 4.78 is 5.21. The van der Waals surface area contributed by atoms with Crippen molar-refractivity contribution in [2.75, 3.05) is 19.8 Å². The summed E-state index contributed by atoms with van der Waals surface area (Å²) in [4.78, 5) is 11.7. The number of nitrogens with one attached hydrogen (secondary N) is 1. The third-order valence-corrected chi connectivity index (χ3v) is 2.90. The summed E-state index contributed by atoms with van der Waals surface area (Å²) in [5.74, 6) is -0.240. The van der Waals surface area contributed by atoms with Gasteiger partial charge in [-0.3, -0.25) is 4.79 Å². The molecule has 5 heteroatoms. The predicted molar refractivity (Wildman–Crippen MR) is 60.8 cm³/mol. The van der Waals surface area contributed by atoms with Crippen LogP contribution >= 0.6 is 0 Å². The van der Waals surface area contributed by atoms with Crippen LogP contribution in [0.4, 0.5) is 0 Å². The lowest BCUT2D eigenvalue weighted by Crippen LogP contribution is -2.58. The van der Waals surface area contributed by atoms with Gasteiger partial charge in [0.1, 0.15) is 0 Å². The average Bonchev–Trinajstić information content (AvgIpc) is 2.30. The number of carbonyl (C=O) groups is 1. The van der Waals surface area contributed by atoms with Crippen molar-refractivity contribution in [3.63, 3.8) is 0 Å². The van der Waals surface area contributed by atoms with Gasteiger partial charge in [-0.15, -0.1) is 6.58 Å². The van der Waals surface area contributed by atoms with Crippen molar-refractivity contribution in [1.82, 2.24) is 5.32 Å². The van der Waals surface area contributed by atoms with Gasteiger partial charge in [0.05, 0.1) is 18.2 Å². The van der Waals surface area contributed by atoms with E-state index in [4.69, 9.17) is 10.5 Å². The normalized spacial score (nSPS) is 21.1. The molecule has 16 heavy (non-hydrogen) atoms. The van der Waals surface area contributed by atoms with E-state index in [1.54, 1.807) is 6.08 Å². The van der Waals surface area contributed by atoms with Gasteiger partial charge < -0.3 is 20.9 Å². The van der Waals surface area contributed by atoms with Crippen LogP contribution < -0.4 is 11.1 Å². The molecular weight excluding hydrogens is 208 g/mol. The zero-order valence-corrected chi connectivity index (χ0v) is 9.45. The van der Waals surface area contributed by atoms with Gasteiger partial charge in [-0.1, -0.05) is 6.08 Å². The van der Waals surface area contributed by atoms with E-state index >= 15 is 0 Å². The van der Waals surface area contributed by atoms with Gasteiger partial charge in [-0.2, -0.15) is 0 Å². The maximum atomic E-state index is 11.7. The highest BCUT2D eigenvalue weighted by Gasteiger charge is 2.34. The number of hydrogen-bond acceptors (Lipinski definition) is 4. The second-order valence-corrected chi connectivity index (χ2v) is 4.17. The molecule has 0 spiro atoms. The highest BCUT2D eigenvalue weighted by Crippen LogP contribution is 2.20. The van der Waals surface area contributed by atoms with Gasteiger partial charge in [-0.25, -0.2) is 0 Å². The van der Waals surface area contributed by atoms with E-state index in [0.717, 1.165) is 0 Å². The van der Waals surface area contributed by atoms with E-state index in [2.05, 4.69) is 11.9 Å². The smallest absolute Gasteiger partial charge is 0.237 e. The number of nitrogens with two attached hydrogens (primary N) is 1. The molecule has 0 saturated carbocycles. The Hall–Kier alpha value is -0.910. The van der Waals surface area contributed by atoms with E-state index in [0.29, 0.717) is 32.5 Å². The number of aliphatic hydroxyl groups is 1. The summed E-state index contributed by atoms with van der Waals surface area (Å²) in [6, 6.07) is -0.594. The third kappa shape index (κ3) is 3.30. The average molecular weight is 228 g/mol.